The maximum absolute atomic E-state index is 12.9. The van der Waals surface area contributed by atoms with Crippen molar-refractivity contribution < 1.29 is 19.1 Å². The maximum atomic E-state index is 12.9. The van der Waals surface area contributed by atoms with Gasteiger partial charge in [-0.3, -0.25) is 15.0 Å². The minimum absolute atomic E-state index is 0.190. The standard InChI is InChI=1S/C20H28N4O4/c1-14(2)9-12-24(18(26)22-11-10-21)17(25)15-7-6-8-16(13-15)23-19(27)28-20(3,4)5/h6-8,13-14H,9,11-12H2,1-5H3,(H,22,26)(H,23,27). The highest BCUT2D eigenvalue weighted by Gasteiger charge is 2.23. The second-order valence-electron chi connectivity index (χ2n) is 7.66. The second kappa shape index (κ2) is 10.3. The third-order valence-electron chi connectivity index (χ3n) is 3.49. The number of imide groups is 1. The topological polar surface area (TPSA) is 112 Å². The third-order valence-corrected chi connectivity index (χ3v) is 3.49. The highest BCUT2D eigenvalue weighted by molar-refractivity contribution is 6.05. The molecule has 8 nitrogen and oxygen atoms in total. The molecule has 0 aliphatic rings. The Morgan fingerprint density at radius 2 is 1.93 bits per heavy atom. The van der Waals surface area contributed by atoms with E-state index in [1.54, 1.807) is 39.0 Å². The molecular weight excluding hydrogens is 360 g/mol. The number of carbonyl (C=O) groups excluding carboxylic acids is 3. The smallest absolute Gasteiger partial charge is 0.412 e. The molecule has 0 unspecified atom stereocenters. The van der Waals surface area contributed by atoms with E-state index in [-0.39, 0.29) is 18.7 Å². The van der Waals surface area contributed by atoms with Crippen LogP contribution in [0.2, 0.25) is 0 Å². The average molecular weight is 388 g/mol. The van der Waals surface area contributed by atoms with Gasteiger partial charge < -0.3 is 10.1 Å². The Labute approximate surface area is 165 Å². The summed E-state index contributed by atoms with van der Waals surface area (Å²) < 4.78 is 5.20. The summed E-state index contributed by atoms with van der Waals surface area (Å²) in [6.07, 6.45) is -0.0119. The van der Waals surface area contributed by atoms with E-state index in [0.29, 0.717) is 18.0 Å². The van der Waals surface area contributed by atoms with E-state index in [1.807, 2.05) is 19.9 Å². The van der Waals surface area contributed by atoms with E-state index in [9.17, 15) is 14.4 Å². The predicted octanol–water partition coefficient (Wildman–Crippen LogP) is 3.76. The van der Waals surface area contributed by atoms with Crippen molar-refractivity contribution in [3.05, 3.63) is 29.8 Å². The van der Waals surface area contributed by atoms with E-state index in [0.717, 1.165) is 4.90 Å². The maximum Gasteiger partial charge on any atom is 0.412 e. The van der Waals surface area contributed by atoms with Crippen LogP contribution >= 0.6 is 0 Å². The lowest BCUT2D eigenvalue weighted by molar-refractivity contribution is 0.0634. The van der Waals surface area contributed by atoms with Gasteiger partial charge in [-0.15, -0.1) is 0 Å². The van der Waals surface area contributed by atoms with Gasteiger partial charge in [0.2, 0.25) is 0 Å². The Kier molecular flexibility index (Phi) is 8.45. The van der Waals surface area contributed by atoms with Crippen molar-refractivity contribution in [2.24, 2.45) is 5.92 Å². The van der Waals surface area contributed by atoms with E-state index >= 15 is 0 Å². The van der Waals surface area contributed by atoms with Crippen molar-refractivity contribution in [2.45, 2.75) is 46.6 Å². The molecule has 28 heavy (non-hydrogen) atoms. The zero-order valence-corrected chi connectivity index (χ0v) is 17.0. The first kappa shape index (κ1) is 23.0. The number of carbonyl (C=O) groups is 3. The lowest BCUT2D eigenvalue weighted by Crippen LogP contribution is -2.44. The van der Waals surface area contributed by atoms with Gasteiger partial charge in [0.25, 0.3) is 5.91 Å². The first-order valence-electron chi connectivity index (χ1n) is 9.10. The molecule has 0 saturated heterocycles. The van der Waals surface area contributed by atoms with E-state index in [2.05, 4.69) is 10.6 Å². The number of nitrogens with one attached hydrogen (secondary N) is 2. The molecule has 0 aromatic heterocycles. The molecule has 0 saturated carbocycles. The molecule has 1 rings (SSSR count). The van der Waals surface area contributed by atoms with Crippen molar-refractivity contribution in [1.82, 2.24) is 10.2 Å². The number of hydrogen-bond acceptors (Lipinski definition) is 5. The molecule has 0 fully saturated rings. The highest BCUT2D eigenvalue weighted by Crippen LogP contribution is 2.16. The summed E-state index contributed by atoms with van der Waals surface area (Å²) in [6, 6.07) is 7.45. The van der Waals surface area contributed by atoms with Crippen molar-refractivity contribution in [3.8, 4) is 6.07 Å². The molecule has 8 heteroatoms. The van der Waals surface area contributed by atoms with Gasteiger partial charge in [-0.2, -0.15) is 5.26 Å². The van der Waals surface area contributed by atoms with Crippen LogP contribution in [-0.4, -0.2) is 41.6 Å². The van der Waals surface area contributed by atoms with Gasteiger partial charge in [-0.25, -0.2) is 9.59 Å². The summed E-state index contributed by atoms with van der Waals surface area (Å²) in [5, 5.41) is 13.6. The molecule has 4 amide bonds. The van der Waals surface area contributed by atoms with Gasteiger partial charge in [0.05, 0.1) is 6.07 Å². The molecular formula is C20H28N4O4. The summed E-state index contributed by atoms with van der Waals surface area (Å²) in [6.45, 7) is 9.25. The number of nitrogens with zero attached hydrogens (tertiary/aromatic N) is 2. The minimum atomic E-state index is -0.649. The quantitative estimate of drug-likeness (QED) is 0.721. The normalized spacial score (nSPS) is 10.8. The molecule has 0 radical (unpaired) electrons. The fourth-order valence-corrected chi connectivity index (χ4v) is 2.20. The number of hydrogen-bond donors (Lipinski definition) is 2. The van der Waals surface area contributed by atoms with Gasteiger partial charge in [0.1, 0.15) is 12.1 Å². The van der Waals surface area contributed by atoms with Crippen LogP contribution in [0.4, 0.5) is 15.3 Å². The summed E-state index contributed by atoms with van der Waals surface area (Å²) in [4.78, 5) is 38.2. The molecule has 2 N–H and O–H groups in total. The first-order chi connectivity index (χ1) is 13.0. The Bertz CT molecular complexity index is 747. The van der Waals surface area contributed by atoms with Crippen LogP contribution in [-0.2, 0) is 4.74 Å². The summed E-state index contributed by atoms with van der Waals surface area (Å²) in [7, 11) is 0. The van der Waals surface area contributed by atoms with Gasteiger partial charge in [0, 0.05) is 17.8 Å². The van der Waals surface area contributed by atoms with Crippen LogP contribution in [0, 0.1) is 17.2 Å². The predicted molar refractivity (Wildman–Crippen MR) is 106 cm³/mol. The van der Waals surface area contributed by atoms with Crippen LogP contribution < -0.4 is 10.6 Å². The monoisotopic (exact) mass is 388 g/mol. The van der Waals surface area contributed by atoms with Crippen molar-refractivity contribution >= 4 is 23.7 Å². The second-order valence-corrected chi connectivity index (χ2v) is 7.66. The molecule has 0 bridgehead atoms. The van der Waals surface area contributed by atoms with Crippen molar-refractivity contribution in [3.63, 3.8) is 0 Å². The summed E-state index contributed by atoms with van der Waals surface area (Å²) in [5.41, 5.74) is -0.0324. The van der Waals surface area contributed by atoms with Crippen LogP contribution in [0.5, 0.6) is 0 Å². The zero-order valence-electron chi connectivity index (χ0n) is 17.0. The first-order valence-corrected chi connectivity index (χ1v) is 9.10. The minimum Gasteiger partial charge on any atom is -0.444 e. The molecule has 152 valence electrons. The van der Waals surface area contributed by atoms with Crippen LogP contribution in [0.25, 0.3) is 0 Å². The number of rotatable bonds is 6. The van der Waals surface area contributed by atoms with Crippen LogP contribution in [0.1, 0.15) is 51.4 Å². The summed E-state index contributed by atoms with van der Waals surface area (Å²) >= 11 is 0. The molecule has 0 heterocycles. The molecule has 1 aromatic rings. The van der Waals surface area contributed by atoms with Crippen LogP contribution in [0.15, 0.2) is 24.3 Å². The Morgan fingerprint density at radius 1 is 1.25 bits per heavy atom. The fourth-order valence-electron chi connectivity index (χ4n) is 2.20. The molecule has 0 spiro atoms. The lowest BCUT2D eigenvalue weighted by atomic mass is 10.1. The Morgan fingerprint density at radius 3 is 2.50 bits per heavy atom. The molecule has 0 aliphatic heterocycles. The number of benzene rings is 1. The zero-order chi connectivity index (χ0) is 21.3. The van der Waals surface area contributed by atoms with Gasteiger partial charge >= 0.3 is 12.1 Å². The van der Waals surface area contributed by atoms with Gasteiger partial charge in [-0.1, -0.05) is 19.9 Å². The van der Waals surface area contributed by atoms with Crippen molar-refractivity contribution in [2.75, 3.05) is 18.4 Å². The summed E-state index contributed by atoms with van der Waals surface area (Å²) in [5.74, 6) is -0.219. The van der Waals surface area contributed by atoms with Gasteiger partial charge in [0.15, 0.2) is 0 Å². The van der Waals surface area contributed by atoms with E-state index < -0.39 is 23.6 Å². The number of urea groups is 1. The number of nitriles is 1. The molecule has 0 atom stereocenters. The Balaban J connectivity index is 2.97. The Hall–Kier alpha value is -3.08. The van der Waals surface area contributed by atoms with E-state index in [4.69, 9.17) is 10.00 Å². The SMILES string of the molecule is CC(C)CCN(C(=O)NCC#N)C(=O)c1cccc(NC(=O)OC(C)(C)C)c1. The van der Waals surface area contributed by atoms with Gasteiger partial charge in [-0.05, 0) is 51.3 Å². The third kappa shape index (κ3) is 8.08. The van der Waals surface area contributed by atoms with E-state index in [1.165, 1.54) is 6.07 Å². The van der Waals surface area contributed by atoms with Crippen LogP contribution in [0.3, 0.4) is 0 Å². The molecule has 1 aromatic carbocycles. The number of anilines is 1. The van der Waals surface area contributed by atoms with Crippen molar-refractivity contribution in [1.29, 1.82) is 5.26 Å². The highest BCUT2D eigenvalue weighted by atomic mass is 16.6. The fraction of sp³-hybridized carbons (Fsp3) is 0.500. The number of ether oxygens (including phenoxy) is 1. The average Bonchev–Trinajstić information content (AvgIpc) is 2.58. The number of amides is 4. The lowest BCUT2D eigenvalue weighted by Gasteiger charge is -2.22. The largest absolute Gasteiger partial charge is 0.444 e. The molecule has 0 aliphatic carbocycles.